The standard InChI is InChI=1S/C14H10Cl3FO/c15-9-4-5-10(12(18)7-9)13(19)6-8-2-1-3-11(16)14(8)17/h1-5,7,13,19H,6H2. The Kier molecular flexibility index (Phi) is 4.69. The van der Waals surface area contributed by atoms with E-state index in [9.17, 15) is 9.50 Å². The van der Waals surface area contributed by atoms with Gasteiger partial charge in [0.1, 0.15) is 5.82 Å². The van der Waals surface area contributed by atoms with Crippen LogP contribution in [-0.4, -0.2) is 5.11 Å². The number of benzene rings is 2. The van der Waals surface area contributed by atoms with E-state index in [0.29, 0.717) is 15.6 Å². The lowest BCUT2D eigenvalue weighted by atomic mass is 10.0. The molecule has 0 heterocycles. The minimum Gasteiger partial charge on any atom is -0.388 e. The van der Waals surface area contributed by atoms with Crippen LogP contribution in [0, 0.1) is 5.82 Å². The molecule has 5 heteroatoms. The van der Waals surface area contributed by atoms with Crippen molar-refractivity contribution >= 4 is 34.8 Å². The van der Waals surface area contributed by atoms with Crippen LogP contribution in [0.2, 0.25) is 15.1 Å². The monoisotopic (exact) mass is 318 g/mol. The topological polar surface area (TPSA) is 20.2 Å². The van der Waals surface area contributed by atoms with Gasteiger partial charge in [-0.15, -0.1) is 0 Å². The fourth-order valence-corrected chi connectivity index (χ4v) is 2.35. The maximum Gasteiger partial charge on any atom is 0.130 e. The molecule has 0 fully saturated rings. The van der Waals surface area contributed by atoms with Crippen LogP contribution >= 0.6 is 34.8 Å². The van der Waals surface area contributed by atoms with Crippen LogP contribution in [0.5, 0.6) is 0 Å². The van der Waals surface area contributed by atoms with Gasteiger partial charge in [0.2, 0.25) is 0 Å². The minimum atomic E-state index is -1.01. The number of rotatable bonds is 3. The Morgan fingerprint density at radius 3 is 2.53 bits per heavy atom. The smallest absolute Gasteiger partial charge is 0.130 e. The van der Waals surface area contributed by atoms with Gasteiger partial charge in [0.05, 0.1) is 16.1 Å². The summed E-state index contributed by atoms with van der Waals surface area (Å²) < 4.78 is 13.7. The highest BCUT2D eigenvalue weighted by molar-refractivity contribution is 6.42. The molecule has 0 aromatic heterocycles. The van der Waals surface area contributed by atoms with E-state index in [1.807, 2.05) is 0 Å². The zero-order chi connectivity index (χ0) is 14.0. The summed E-state index contributed by atoms with van der Waals surface area (Å²) in [6, 6.07) is 9.28. The van der Waals surface area contributed by atoms with E-state index in [-0.39, 0.29) is 17.0 Å². The molecular weight excluding hydrogens is 310 g/mol. The number of hydrogen-bond donors (Lipinski definition) is 1. The van der Waals surface area contributed by atoms with Crippen LogP contribution in [0.4, 0.5) is 4.39 Å². The van der Waals surface area contributed by atoms with Gasteiger partial charge in [0.25, 0.3) is 0 Å². The van der Waals surface area contributed by atoms with Crippen LogP contribution in [0.25, 0.3) is 0 Å². The second-order valence-corrected chi connectivity index (χ2v) is 5.32. The van der Waals surface area contributed by atoms with Crippen LogP contribution < -0.4 is 0 Å². The Morgan fingerprint density at radius 1 is 1.11 bits per heavy atom. The first-order valence-corrected chi connectivity index (χ1v) is 6.68. The lowest BCUT2D eigenvalue weighted by Gasteiger charge is -2.13. The third-order valence-electron chi connectivity index (χ3n) is 2.77. The average molecular weight is 320 g/mol. The zero-order valence-electron chi connectivity index (χ0n) is 9.71. The molecule has 0 aliphatic carbocycles. The van der Waals surface area contributed by atoms with Crippen LogP contribution in [-0.2, 0) is 6.42 Å². The molecule has 0 amide bonds. The lowest BCUT2D eigenvalue weighted by molar-refractivity contribution is 0.173. The Balaban J connectivity index is 2.25. The molecule has 2 aromatic carbocycles. The number of aliphatic hydroxyl groups is 1. The number of halogens is 4. The van der Waals surface area contributed by atoms with Crippen molar-refractivity contribution in [2.75, 3.05) is 0 Å². The molecule has 1 N–H and O–H groups in total. The molecule has 2 aromatic rings. The Labute approximate surface area is 125 Å². The van der Waals surface area contributed by atoms with Gasteiger partial charge in [-0.05, 0) is 23.8 Å². The molecule has 0 saturated carbocycles. The molecule has 0 spiro atoms. The number of hydrogen-bond acceptors (Lipinski definition) is 1. The fraction of sp³-hybridized carbons (Fsp3) is 0.143. The summed E-state index contributed by atoms with van der Waals surface area (Å²) in [5, 5.41) is 11.1. The van der Waals surface area contributed by atoms with Gasteiger partial charge in [0.15, 0.2) is 0 Å². The molecule has 2 rings (SSSR count). The predicted octanol–water partition coefficient (Wildman–Crippen LogP) is 5.06. The van der Waals surface area contributed by atoms with E-state index in [2.05, 4.69) is 0 Å². The lowest BCUT2D eigenvalue weighted by Crippen LogP contribution is -2.05. The molecular formula is C14H10Cl3FO. The average Bonchev–Trinajstić information content (AvgIpc) is 2.34. The third kappa shape index (κ3) is 3.40. The number of aliphatic hydroxyl groups excluding tert-OH is 1. The Bertz CT molecular complexity index is 601. The van der Waals surface area contributed by atoms with Gasteiger partial charge in [0, 0.05) is 17.0 Å². The third-order valence-corrected chi connectivity index (χ3v) is 3.86. The summed E-state index contributed by atoms with van der Waals surface area (Å²) in [4.78, 5) is 0. The summed E-state index contributed by atoms with van der Waals surface area (Å²) in [5.41, 5.74) is 0.844. The van der Waals surface area contributed by atoms with E-state index < -0.39 is 11.9 Å². The normalized spacial score (nSPS) is 12.5. The second-order valence-electron chi connectivity index (χ2n) is 4.10. The molecule has 0 radical (unpaired) electrons. The van der Waals surface area contributed by atoms with Gasteiger partial charge in [-0.3, -0.25) is 0 Å². The first-order chi connectivity index (χ1) is 8.99. The molecule has 0 saturated heterocycles. The molecule has 1 atom stereocenters. The summed E-state index contributed by atoms with van der Waals surface area (Å²) >= 11 is 17.6. The molecule has 100 valence electrons. The van der Waals surface area contributed by atoms with Crippen molar-refractivity contribution in [2.45, 2.75) is 12.5 Å². The van der Waals surface area contributed by atoms with Crippen molar-refractivity contribution in [3.8, 4) is 0 Å². The summed E-state index contributed by atoms with van der Waals surface area (Å²) in [7, 11) is 0. The van der Waals surface area contributed by atoms with Gasteiger partial charge in [-0.2, -0.15) is 0 Å². The Morgan fingerprint density at radius 2 is 1.84 bits per heavy atom. The van der Waals surface area contributed by atoms with E-state index in [0.717, 1.165) is 0 Å². The van der Waals surface area contributed by atoms with Gasteiger partial charge >= 0.3 is 0 Å². The summed E-state index contributed by atoms with van der Waals surface area (Å²) in [6.45, 7) is 0. The Hall–Kier alpha value is -0.800. The zero-order valence-corrected chi connectivity index (χ0v) is 12.0. The van der Waals surface area contributed by atoms with Gasteiger partial charge in [-0.1, -0.05) is 53.0 Å². The highest BCUT2D eigenvalue weighted by atomic mass is 35.5. The van der Waals surface area contributed by atoms with E-state index in [1.54, 1.807) is 18.2 Å². The molecule has 0 aliphatic rings. The van der Waals surface area contributed by atoms with Gasteiger partial charge < -0.3 is 5.11 Å². The molecule has 19 heavy (non-hydrogen) atoms. The first-order valence-electron chi connectivity index (χ1n) is 5.55. The highest BCUT2D eigenvalue weighted by Gasteiger charge is 2.16. The van der Waals surface area contributed by atoms with E-state index >= 15 is 0 Å². The SMILES string of the molecule is OC(Cc1cccc(Cl)c1Cl)c1ccc(Cl)cc1F. The highest BCUT2D eigenvalue weighted by Crippen LogP contribution is 2.30. The second kappa shape index (κ2) is 6.10. The van der Waals surface area contributed by atoms with Crippen molar-refractivity contribution in [3.63, 3.8) is 0 Å². The van der Waals surface area contributed by atoms with Gasteiger partial charge in [-0.25, -0.2) is 4.39 Å². The molecule has 0 bridgehead atoms. The van der Waals surface area contributed by atoms with Crippen molar-refractivity contribution < 1.29 is 9.50 Å². The van der Waals surface area contributed by atoms with Crippen molar-refractivity contribution in [3.05, 3.63) is 68.4 Å². The van der Waals surface area contributed by atoms with Crippen molar-refractivity contribution in [1.82, 2.24) is 0 Å². The van der Waals surface area contributed by atoms with Crippen molar-refractivity contribution in [1.29, 1.82) is 0 Å². The quantitative estimate of drug-likeness (QED) is 0.838. The first kappa shape index (κ1) is 14.6. The molecule has 1 nitrogen and oxygen atoms in total. The minimum absolute atomic E-state index is 0.179. The van der Waals surface area contributed by atoms with E-state index in [1.165, 1.54) is 18.2 Å². The predicted molar refractivity (Wildman–Crippen MR) is 76.5 cm³/mol. The largest absolute Gasteiger partial charge is 0.388 e. The maximum absolute atomic E-state index is 13.7. The summed E-state index contributed by atoms with van der Waals surface area (Å²) in [5.74, 6) is -0.543. The summed E-state index contributed by atoms with van der Waals surface area (Å²) in [6.07, 6.45) is -0.828. The van der Waals surface area contributed by atoms with Crippen LogP contribution in [0.15, 0.2) is 36.4 Å². The molecule has 1 unspecified atom stereocenters. The van der Waals surface area contributed by atoms with Crippen LogP contribution in [0.1, 0.15) is 17.2 Å². The van der Waals surface area contributed by atoms with Crippen LogP contribution in [0.3, 0.4) is 0 Å². The maximum atomic E-state index is 13.7. The fourth-order valence-electron chi connectivity index (χ4n) is 1.80. The molecule has 0 aliphatic heterocycles. The van der Waals surface area contributed by atoms with E-state index in [4.69, 9.17) is 34.8 Å². The van der Waals surface area contributed by atoms with Crippen molar-refractivity contribution in [2.24, 2.45) is 0 Å².